The molecule has 0 aliphatic heterocycles. The number of benzene rings is 1. The number of rotatable bonds is 1. The summed E-state index contributed by atoms with van der Waals surface area (Å²) in [6.07, 6.45) is 16.6. The van der Waals surface area contributed by atoms with Crippen LogP contribution in [0.1, 0.15) is 5.56 Å². The van der Waals surface area contributed by atoms with Crippen molar-refractivity contribution < 1.29 is 22.0 Å². The van der Waals surface area contributed by atoms with Crippen molar-refractivity contribution in [3.05, 3.63) is 110 Å². The molecule has 23 heavy (non-hydrogen) atoms. The first-order chi connectivity index (χ1) is 10.8. The van der Waals surface area contributed by atoms with Crippen LogP contribution in [0.25, 0.3) is 0 Å². The van der Waals surface area contributed by atoms with Crippen LogP contribution >= 0.6 is 0 Å². The van der Waals surface area contributed by atoms with Crippen molar-refractivity contribution in [2.24, 2.45) is 5.92 Å². The standard InChI is InChI=1S/C14H10NO2.C5H5.Fe/c16-15(17)14-9-5-4-8-13(14)11-10-12-6-2-1-3-7-12;1-2-4-5-3-1;/h1-9,13H;1-5H;/t13-;;/m1../s1. The molecular formula is C19H15FeNO2. The molecule has 1 aromatic carbocycles. The molecule has 0 amide bonds. The van der Waals surface area contributed by atoms with Gasteiger partial charge in [-0.15, -0.1) is 0 Å². The average molecular weight is 345 g/mol. The van der Waals surface area contributed by atoms with Crippen LogP contribution in [-0.4, -0.2) is 4.92 Å². The largest absolute Gasteiger partial charge is 0.309 e. The van der Waals surface area contributed by atoms with E-state index in [0.717, 1.165) is 5.56 Å². The Bertz CT molecular complexity index is 510. The SMILES string of the molecule is O=[N+]([O-])[C]1[CH][CH][CH][CH][C@@H]1C#Cc1ccccc1.[CH]1[CH][CH][CH][CH]1.[Fe]. The summed E-state index contributed by atoms with van der Waals surface area (Å²) >= 11 is 0. The molecule has 0 spiro atoms. The second-order valence-electron chi connectivity index (χ2n) is 4.50. The van der Waals surface area contributed by atoms with E-state index in [1.165, 1.54) is 6.42 Å². The zero-order valence-electron chi connectivity index (χ0n) is 12.3. The van der Waals surface area contributed by atoms with Gasteiger partial charge in [-0.2, -0.15) is 0 Å². The minimum absolute atomic E-state index is 0. The molecule has 0 bridgehead atoms. The van der Waals surface area contributed by atoms with Crippen LogP contribution in [0.3, 0.4) is 0 Å². The van der Waals surface area contributed by atoms with E-state index < -0.39 is 5.92 Å². The van der Waals surface area contributed by atoms with Gasteiger partial charge in [0.2, 0.25) is 0 Å². The molecular weight excluding hydrogens is 330 g/mol. The maximum absolute atomic E-state index is 10.8. The maximum Gasteiger partial charge on any atom is 0.309 e. The van der Waals surface area contributed by atoms with Gasteiger partial charge in [0.05, 0.1) is 6.42 Å². The van der Waals surface area contributed by atoms with Crippen molar-refractivity contribution in [2.45, 2.75) is 0 Å². The number of nitro groups is 1. The second kappa shape index (κ2) is 11.3. The van der Waals surface area contributed by atoms with Gasteiger partial charge in [-0.05, 0) is 63.5 Å². The average Bonchev–Trinajstić information content (AvgIpc) is 3.14. The van der Waals surface area contributed by atoms with E-state index >= 15 is 0 Å². The molecule has 0 aromatic heterocycles. The fourth-order valence-electron chi connectivity index (χ4n) is 1.83. The summed E-state index contributed by atoms with van der Waals surface area (Å²) in [5.41, 5.74) is 0.859. The first-order valence-electron chi connectivity index (χ1n) is 6.87. The molecule has 3 rings (SSSR count). The summed E-state index contributed by atoms with van der Waals surface area (Å²) in [6.45, 7) is 0. The van der Waals surface area contributed by atoms with Gasteiger partial charge in [0.15, 0.2) is 0 Å². The smallest absolute Gasteiger partial charge is 0.264 e. The van der Waals surface area contributed by atoms with Crippen molar-refractivity contribution in [3.8, 4) is 11.8 Å². The predicted molar refractivity (Wildman–Crippen MR) is 85.7 cm³/mol. The third-order valence-corrected chi connectivity index (χ3v) is 2.91. The summed E-state index contributed by atoms with van der Waals surface area (Å²) < 4.78 is 0. The quantitative estimate of drug-likeness (QED) is 0.339. The van der Waals surface area contributed by atoms with Gasteiger partial charge in [-0.3, -0.25) is 10.1 Å². The second-order valence-corrected chi connectivity index (χ2v) is 4.50. The van der Waals surface area contributed by atoms with E-state index in [0.29, 0.717) is 0 Å². The minimum atomic E-state index is -0.435. The number of nitrogens with zero attached hydrogens (tertiary/aromatic N) is 1. The van der Waals surface area contributed by atoms with Crippen LogP contribution in [0, 0.1) is 91.7 Å². The molecule has 0 N–H and O–H groups in total. The van der Waals surface area contributed by atoms with Gasteiger partial charge in [0.25, 0.3) is 0 Å². The summed E-state index contributed by atoms with van der Waals surface area (Å²) in [5.74, 6) is 5.41. The summed E-state index contributed by atoms with van der Waals surface area (Å²) in [6, 6.07) is 9.55. The molecule has 1 aromatic rings. The first-order valence-corrected chi connectivity index (χ1v) is 6.87. The summed E-state index contributed by atoms with van der Waals surface area (Å²) in [5, 5.41) is 10.8. The molecule has 1 atom stereocenters. The molecule has 3 nitrogen and oxygen atoms in total. The Labute approximate surface area is 149 Å². The van der Waals surface area contributed by atoms with Crippen LogP contribution in [-0.2, 0) is 17.1 Å². The van der Waals surface area contributed by atoms with Gasteiger partial charge < -0.3 is 0 Å². The van der Waals surface area contributed by atoms with Gasteiger partial charge in [-0.25, -0.2) is 0 Å². The molecule has 4 heteroatoms. The Kier molecular flexibility index (Phi) is 9.67. The topological polar surface area (TPSA) is 43.1 Å². The molecule has 2 saturated carbocycles. The minimum Gasteiger partial charge on any atom is -0.264 e. The van der Waals surface area contributed by atoms with E-state index in [4.69, 9.17) is 0 Å². The van der Waals surface area contributed by atoms with Gasteiger partial charge in [-0.1, -0.05) is 30.0 Å². The zero-order chi connectivity index (χ0) is 15.6. The van der Waals surface area contributed by atoms with Crippen LogP contribution in [0.2, 0.25) is 0 Å². The van der Waals surface area contributed by atoms with Crippen molar-refractivity contribution in [2.75, 3.05) is 0 Å². The van der Waals surface area contributed by atoms with Gasteiger partial charge >= 0.3 is 6.04 Å². The van der Waals surface area contributed by atoms with E-state index in [-0.39, 0.29) is 28.0 Å². The molecule has 2 fully saturated rings. The zero-order valence-corrected chi connectivity index (χ0v) is 13.4. The molecule has 2 aliphatic carbocycles. The van der Waals surface area contributed by atoms with Crippen molar-refractivity contribution in [3.63, 3.8) is 0 Å². The Balaban J connectivity index is 0.000000377. The summed E-state index contributed by atoms with van der Waals surface area (Å²) in [7, 11) is 0. The van der Waals surface area contributed by atoms with Crippen molar-refractivity contribution >= 4 is 0 Å². The summed E-state index contributed by atoms with van der Waals surface area (Å²) in [4.78, 5) is 10.4. The van der Waals surface area contributed by atoms with E-state index in [9.17, 15) is 10.1 Å². The van der Waals surface area contributed by atoms with Crippen LogP contribution in [0.4, 0.5) is 0 Å². The monoisotopic (exact) mass is 345 g/mol. The fraction of sp³-hybridized carbons (Fsp3) is 0.0526. The Morgan fingerprint density at radius 3 is 2.09 bits per heavy atom. The molecule has 0 heterocycles. The molecule has 2 aliphatic rings. The predicted octanol–water partition coefficient (Wildman–Crippen LogP) is 3.31. The van der Waals surface area contributed by atoms with E-state index in [1.54, 1.807) is 19.3 Å². The molecule has 116 valence electrons. The number of hydrogen-bond acceptors (Lipinski definition) is 2. The molecule has 0 saturated heterocycles. The Morgan fingerprint density at radius 1 is 0.913 bits per heavy atom. The van der Waals surface area contributed by atoms with Crippen LogP contribution in [0.5, 0.6) is 0 Å². The first kappa shape index (κ1) is 19.7. The Morgan fingerprint density at radius 2 is 1.52 bits per heavy atom. The van der Waals surface area contributed by atoms with Crippen molar-refractivity contribution in [1.82, 2.24) is 0 Å². The third-order valence-electron chi connectivity index (χ3n) is 2.91. The van der Waals surface area contributed by atoms with Crippen LogP contribution < -0.4 is 0 Å². The normalized spacial score (nSPS) is 20.3. The molecule has 0 unspecified atom stereocenters. The fourth-order valence-corrected chi connectivity index (χ4v) is 1.83. The number of hydrogen-bond donors (Lipinski definition) is 0. The van der Waals surface area contributed by atoms with Gasteiger partial charge in [0, 0.05) is 27.6 Å². The van der Waals surface area contributed by atoms with E-state index in [1.807, 2.05) is 62.4 Å². The molecule has 10 radical (unpaired) electrons. The van der Waals surface area contributed by atoms with Crippen LogP contribution in [0.15, 0.2) is 30.3 Å². The maximum atomic E-state index is 10.8. The Hall–Kier alpha value is -1.30. The van der Waals surface area contributed by atoms with Crippen molar-refractivity contribution in [1.29, 1.82) is 0 Å². The van der Waals surface area contributed by atoms with Gasteiger partial charge in [0.1, 0.15) is 5.92 Å². The van der Waals surface area contributed by atoms with E-state index in [2.05, 4.69) is 11.8 Å². The third kappa shape index (κ3) is 7.20.